The van der Waals surface area contributed by atoms with E-state index in [1.54, 1.807) is 12.4 Å². The van der Waals surface area contributed by atoms with Crippen molar-refractivity contribution in [2.24, 2.45) is 0 Å². The first-order valence-electron chi connectivity index (χ1n) is 9.46. The van der Waals surface area contributed by atoms with Crippen LogP contribution in [-0.2, 0) is 13.0 Å². The molecule has 1 unspecified atom stereocenters. The van der Waals surface area contributed by atoms with Crippen LogP contribution in [0.3, 0.4) is 0 Å². The van der Waals surface area contributed by atoms with Gasteiger partial charge in [0, 0.05) is 42.2 Å². The number of phenols is 1. The van der Waals surface area contributed by atoms with Gasteiger partial charge in [0.15, 0.2) is 5.65 Å². The van der Waals surface area contributed by atoms with Gasteiger partial charge < -0.3 is 10.1 Å². The van der Waals surface area contributed by atoms with E-state index in [0.717, 1.165) is 52.5 Å². The molecule has 1 aliphatic heterocycles. The molecule has 4 aromatic rings. The predicted octanol–water partition coefficient (Wildman–Crippen LogP) is 2.92. The molecule has 5 rings (SSSR count). The largest absolute Gasteiger partial charge is 0.508 e. The van der Waals surface area contributed by atoms with Gasteiger partial charge in [0.2, 0.25) is 0 Å². The monoisotopic (exact) mass is 374 g/mol. The number of imidazole rings is 1. The molecule has 0 saturated heterocycles. The molecule has 0 bridgehead atoms. The highest BCUT2D eigenvalue weighted by Gasteiger charge is 2.31. The van der Waals surface area contributed by atoms with Crippen LogP contribution in [0.5, 0.6) is 5.75 Å². The maximum Gasteiger partial charge on any atom is 0.159 e. The number of aromatic nitrogens is 5. The predicted molar refractivity (Wildman–Crippen MR) is 105 cm³/mol. The first-order chi connectivity index (χ1) is 13.6. The Morgan fingerprint density at radius 2 is 2.14 bits per heavy atom. The van der Waals surface area contributed by atoms with Crippen LogP contribution in [0, 0.1) is 13.8 Å². The molecule has 142 valence electrons. The summed E-state index contributed by atoms with van der Waals surface area (Å²) in [7, 11) is 0. The van der Waals surface area contributed by atoms with E-state index in [1.165, 1.54) is 0 Å². The first-order valence-corrected chi connectivity index (χ1v) is 9.46. The molecule has 0 radical (unpaired) electrons. The maximum absolute atomic E-state index is 10.0. The number of nitrogens with one attached hydrogen (secondary N) is 1. The lowest BCUT2D eigenvalue weighted by atomic mass is 9.95. The quantitative estimate of drug-likeness (QED) is 0.576. The fourth-order valence-electron chi connectivity index (χ4n) is 4.21. The van der Waals surface area contributed by atoms with Crippen LogP contribution in [0.2, 0.25) is 0 Å². The van der Waals surface area contributed by atoms with Crippen molar-refractivity contribution < 1.29 is 5.11 Å². The lowest BCUT2D eigenvalue weighted by molar-refractivity contribution is 0.200. The normalized spacial score (nSPS) is 17.1. The van der Waals surface area contributed by atoms with Gasteiger partial charge in [0.25, 0.3) is 0 Å². The smallest absolute Gasteiger partial charge is 0.159 e. The molecule has 0 amide bonds. The Morgan fingerprint density at radius 3 is 3.00 bits per heavy atom. The summed E-state index contributed by atoms with van der Waals surface area (Å²) < 4.78 is 1.90. The highest BCUT2D eigenvalue weighted by Crippen LogP contribution is 2.35. The number of H-pyrrole nitrogens is 1. The average Bonchev–Trinajstić information content (AvgIpc) is 3.29. The highest BCUT2D eigenvalue weighted by atomic mass is 16.3. The van der Waals surface area contributed by atoms with Crippen molar-refractivity contribution in [3.8, 4) is 5.75 Å². The first kappa shape index (κ1) is 16.9. The minimum atomic E-state index is -0.0250. The number of fused-ring (bicyclic) bond motifs is 2. The average molecular weight is 374 g/mol. The second-order valence-corrected chi connectivity index (χ2v) is 7.43. The zero-order valence-corrected chi connectivity index (χ0v) is 15.9. The maximum atomic E-state index is 10.0. The van der Waals surface area contributed by atoms with Crippen LogP contribution in [0.15, 0.2) is 42.9 Å². The highest BCUT2D eigenvalue weighted by molar-refractivity contribution is 5.48. The van der Waals surface area contributed by atoms with E-state index in [2.05, 4.69) is 20.0 Å². The third-order valence-electron chi connectivity index (χ3n) is 5.44. The number of aryl methyl sites for hydroxylation is 2. The van der Waals surface area contributed by atoms with E-state index in [-0.39, 0.29) is 11.8 Å². The molecular formula is C21H22N6O. The summed E-state index contributed by atoms with van der Waals surface area (Å²) in [4.78, 5) is 15.0. The second kappa shape index (κ2) is 6.45. The number of hydrogen-bond donors (Lipinski definition) is 2. The van der Waals surface area contributed by atoms with Crippen LogP contribution in [0.1, 0.15) is 39.9 Å². The van der Waals surface area contributed by atoms with Gasteiger partial charge in [0.1, 0.15) is 5.75 Å². The summed E-state index contributed by atoms with van der Waals surface area (Å²) in [6.45, 7) is 5.66. The van der Waals surface area contributed by atoms with Crippen molar-refractivity contribution >= 4 is 5.65 Å². The standard InChI is InChI=1S/C21H22N6O/c1-13-8-14(2)27-21(25-13)16(10-24-27)11-26-7-6-18-19(23-12-22-18)20(26)15-4-3-5-17(28)9-15/h3-5,8-10,12,20,28H,6-7,11H2,1-2H3,(H,22,23). The molecule has 0 saturated carbocycles. The number of aromatic amines is 1. The molecule has 4 heterocycles. The van der Waals surface area contributed by atoms with Crippen molar-refractivity contribution in [2.75, 3.05) is 6.54 Å². The molecule has 3 aromatic heterocycles. The van der Waals surface area contributed by atoms with Gasteiger partial charge >= 0.3 is 0 Å². The fourth-order valence-corrected chi connectivity index (χ4v) is 4.21. The number of phenolic OH excluding ortho intramolecular Hbond substituents is 1. The Kier molecular flexibility index (Phi) is 3.91. The summed E-state index contributed by atoms with van der Waals surface area (Å²) in [5.41, 5.74) is 7.28. The minimum Gasteiger partial charge on any atom is -0.508 e. The van der Waals surface area contributed by atoms with Gasteiger partial charge in [-0.05, 0) is 37.6 Å². The number of rotatable bonds is 3. The van der Waals surface area contributed by atoms with E-state index in [1.807, 2.05) is 48.8 Å². The molecule has 7 heteroatoms. The fraction of sp³-hybridized carbons (Fsp3) is 0.286. The Labute approximate surface area is 162 Å². The molecule has 1 atom stereocenters. The van der Waals surface area contributed by atoms with E-state index >= 15 is 0 Å². The van der Waals surface area contributed by atoms with Crippen molar-refractivity contribution in [1.29, 1.82) is 0 Å². The molecule has 28 heavy (non-hydrogen) atoms. The number of nitrogens with zero attached hydrogens (tertiary/aromatic N) is 5. The van der Waals surface area contributed by atoms with Crippen molar-refractivity contribution in [1.82, 2.24) is 29.5 Å². The number of hydrogen-bond acceptors (Lipinski definition) is 5. The molecule has 1 aromatic carbocycles. The summed E-state index contributed by atoms with van der Waals surface area (Å²) in [5, 5.41) is 14.6. The van der Waals surface area contributed by atoms with Crippen LogP contribution in [0.25, 0.3) is 5.65 Å². The summed E-state index contributed by atoms with van der Waals surface area (Å²) in [6, 6.07) is 9.46. The second-order valence-electron chi connectivity index (χ2n) is 7.43. The van der Waals surface area contributed by atoms with Gasteiger partial charge in [-0.2, -0.15) is 5.10 Å². The summed E-state index contributed by atoms with van der Waals surface area (Å²) >= 11 is 0. The van der Waals surface area contributed by atoms with E-state index in [9.17, 15) is 5.11 Å². The third-order valence-corrected chi connectivity index (χ3v) is 5.44. The van der Waals surface area contributed by atoms with E-state index < -0.39 is 0 Å². The Hall–Kier alpha value is -3.19. The molecule has 1 aliphatic rings. The van der Waals surface area contributed by atoms with Gasteiger partial charge in [-0.1, -0.05) is 12.1 Å². The Balaban J connectivity index is 1.57. The van der Waals surface area contributed by atoms with Crippen LogP contribution >= 0.6 is 0 Å². The van der Waals surface area contributed by atoms with Crippen LogP contribution in [-0.4, -0.2) is 41.1 Å². The van der Waals surface area contributed by atoms with Crippen molar-refractivity contribution in [2.45, 2.75) is 32.9 Å². The van der Waals surface area contributed by atoms with Gasteiger partial charge in [-0.15, -0.1) is 0 Å². The van der Waals surface area contributed by atoms with Crippen LogP contribution in [0.4, 0.5) is 0 Å². The molecular weight excluding hydrogens is 352 g/mol. The summed E-state index contributed by atoms with van der Waals surface area (Å²) in [6.07, 6.45) is 4.58. The zero-order valence-electron chi connectivity index (χ0n) is 15.9. The molecule has 0 spiro atoms. The Bertz CT molecular complexity index is 1160. The van der Waals surface area contributed by atoms with Gasteiger partial charge in [0.05, 0.1) is 24.3 Å². The third kappa shape index (κ3) is 2.75. The zero-order chi connectivity index (χ0) is 19.3. The van der Waals surface area contributed by atoms with Crippen molar-refractivity contribution in [3.63, 3.8) is 0 Å². The topological polar surface area (TPSA) is 82.3 Å². The molecule has 7 nitrogen and oxygen atoms in total. The number of aromatic hydroxyl groups is 1. The summed E-state index contributed by atoms with van der Waals surface area (Å²) in [5.74, 6) is 0.268. The van der Waals surface area contributed by atoms with E-state index in [4.69, 9.17) is 4.98 Å². The molecule has 0 aliphatic carbocycles. The van der Waals surface area contributed by atoms with Crippen LogP contribution < -0.4 is 0 Å². The SMILES string of the molecule is Cc1cc(C)n2ncc(CN3CCc4[nH]cnc4C3c3cccc(O)c3)c2n1. The van der Waals surface area contributed by atoms with Crippen molar-refractivity contribution in [3.05, 3.63) is 76.8 Å². The van der Waals surface area contributed by atoms with Gasteiger partial charge in [-0.25, -0.2) is 14.5 Å². The molecule has 0 fully saturated rings. The Morgan fingerprint density at radius 1 is 1.25 bits per heavy atom. The van der Waals surface area contributed by atoms with E-state index in [0.29, 0.717) is 6.54 Å². The lowest BCUT2D eigenvalue weighted by Crippen LogP contribution is -2.35. The minimum absolute atomic E-state index is 0.0250. The van der Waals surface area contributed by atoms with Gasteiger partial charge in [-0.3, -0.25) is 4.90 Å². The molecule has 2 N–H and O–H groups in total. The number of benzene rings is 1. The lowest BCUT2D eigenvalue weighted by Gasteiger charge is -2.35.